The van der Waals surface area contributed by atoms with Crippen molar-refractivity contribution in [2.45, 2.75) is 19.4 Å². The predicted molar refractivity (Wildman–Crippen MR) is 73.0 cm³/mol. The quantitative estimate of drug-likeness (QED) is 0.887. The van der Waals surface area contributed by atoms with Gasteiger partial charge in [0.15, 0.2) is 0 Å². The molecule has 1 unspecified atom stereocenters. The van der Waals surface area contributed by atoms with Gasteiger partial charge in [-0.15, -0.1) is 0 Å². The lowest BCUT2D eigenvalue weighted by Gasteiger charge is -2.16. The fourth-order valence-electron chi connectivity index (χ4n) is 1.71. The molecule has 2 aromatic rings. The van der Waals surface area contributed by atoms with E-state index in [0.29, 0.717) is 10.0 Å². The smallest absolute Gasteiger partial charge is 0.145 e. The van der Waals surface area contributed by atoms with E-state index in [4.69, 9.17) is 23.2 Å². The normalized spacial score (nSPS) is 12.6. The maximum Gasteiger partial charge on any atom is 0.145 e. The number of benzene rings is 1. The molecule has 1 aromatic carbocycles. The van der Waals surface area contributed by atoms with Crippen LogP contribution in [0.2, 0.25) is 10.0 Å². The standard InChI is InChI=1S/C12H14Cl2N4/c1-2-5-15-11(12-16-7-17-18-12)8-3-4-9(13)10(14)6-8/h3-4,6-7,11,15H,2,5H2,1H3,(H,16,17,18). The third-order valence-electron chi connectivity index (χ3n) is 2.58. The molecule has 1 atom stereocenters. The van der Waals surface area contributed by atoms with Gasteiger partial charge < -0.3 is 5.32 Å². The van der Waals surface area contributed by atoms with E-state index in [-0.39, 0.29) is 6.04 Å². The molecular formula is C12H14Cl2N4. The Morgan fingerprint density at radius 1 is 1.33 bits per heavy atom. The molecule has 6 heteroatoms. The molecule has 0 fully saturated rings. The number of nitrogens with one attached hydrogen (secondary N) is 2. The SMILES string of the molecule is CCCNC(c1ccc(Cl)c(Cl)c1)c1ncn[nH]1. The van der Waals surface area contributed by atoms with Crippen molar-refractivity contribution >= 4 is 23.2 Å². The van der Waals surface area contributed by atoms with Crippen LogP contribution in [0.5, 0.6) is 0 Å². The minimum atomic E-state index is -0.0535. The zero-order chi connectivity index (χ0) is 13.0. The lowest BCUT2D eigenvalue weighted by molar-refractivity contribution is 0.574. The molecule has 0 saturated heterocycles. The molecular weight excluding hydrogens is 271 g/mol. The van der Waals surface area contributed by atoms with Crippen LogP contribution in [0.25, 0.3) is 0 Å². The summed E-state index contributed by atoms with van der Waals surface area (Å²) < 4.78 is 0. The Morgan fingerprint density at radius 2 is 2.17 bits per heavy atom. The van der Waals surface area contributed by atoms with Crippen LogP contribution < -0.4 is 5.32 Å². The largest absolute Gasteiger partial charge is 0.304 e. The first-order valence-corrected chi connectivity index (χ1v) is 6.51. The summed E-state index contributed by atoms with van der Waals surface area (Å²) in [5.74, 6) is 0.766. The van der Waals surface area contributed by atoms with Gasteiger partial charge in [0.05, 0.1) is 16.1 Å². The first kappa shape index (κ1) is 13.3. The Morgan fingerprint density at radius 3 is 2.78 bits per heavy atom. The number of H-pyrrole nitrogens is 1. The minimum absolute atomic E-state index is 0.0535. The molecule has 0 aliphatic carbocycles. The second kappa shape index (κ2) is 6.18. The lowest BCUT2D eigenvalue weighted by Crippen LogP contribution is -2.24. The highest BCUT2D eigenvalue weighted by Gasteiger charge is 2.16. The van der Waals surface area contributed by atoms with Crippen LogP contribution in [0, 0.1) is 0 Å². The first-order chi connectivity index (χ1) is 8.72. The number of rotatable bonds is 5. The molecule has 0 spiro atoms. The number of hydrogen-bond donors (Lipinski definition) is 2. The first-order valence-electron chi connectivity index (χ1n) is 5.76. The van der Waals surface area contributed by atoms with Gasteiger partial charge in [0, 0.05) is 0 Å². The maximum absolute atomic E-state index is 6.05. The number of aromatic nitrogens is 3. The van der Waals surface area contributed by atoms with Gasteiger partial charge in [-0.25, -0.2) is 4.98 Å². The second-order valence-corrected chi connectivity index (χ2v) is 4.75. The molecule has 1 aromatic heterocycles. The fourth-order valence-corrected chi connectivity index (χ4v) is 2.01. The van der Waals surface area contributed by atoms with E-state index >= 15 is 0 Å². The molecule has 0 amide bonds. The molecule has 2 rings (SSSR count). The topological polar surface area (TPSA) is 53.6 Å². The van der Waals surface area contributed by atoms with Gasteiger partial charge in [0.1, 0.15) is 12.2 Å². The van der Waals surface area contributed by atoms with Crippen molar-refractivity contribution in [1.29, 1.82) is 0 Å². The Bertz CT molecular complexity index is 499. The highest BCUT2D eigenvalue weighted by molar-refractivity contribution is 6.42. The van der Waals surface area contributed by atoms with E-state index < -0.39 is 0 Å². The van der Waals surface area contributed by atoms with Crippen LogP contribution in [-0.2, 0) is 0 Å². The second-order valence-electron chi connectivity index (χ2n) is 3.93. The number of aromatic amines is 1. The van der Waals surface area contributed by atoms with Crippen molar-refractivity contribution in [2.24, 2.45) is 0 Å². The number of nitrogens with zero attached hydrogens (tertiary/aromatic N) is 2. The van der Waals surface area contributed by atoms with Crippen LogP contribution in [0.4, 0.5) is 0 Å². The van der Waals surface area contributed by atoms with Crippen LogP contribution >= 0.6 is 23.2 Å². The zero-order valence-corrected chi connectivity index (χ0v) is 11.5. The van der Waals surface area contributed by atoms with E-state index in [1.165, 1.54) is 6.33 Å². The summed E-state index contributed by atoms with van der Waals surface area (Å²) in [5, 5.41) is 11.2. The van der Waals surface area contributed by atoms with E-state index in [1.54, 1.807) is 6.07 Å². The van der Waals surface area contributed by atoms with Crippen LogP contribution in [0.3, 0.4) is 0 Å². The van der Waals surface area contributed by atoms with E-state index in [2.05, 4.69) is 27.4 Å². The molecule has 0 aliphatic rings. The zero-order valence-electron chi connectivity index (χ0n) is 9.95. The number of halogens is 2. The van der Waals surface area contributed by atoms with Crippen molar-refractivity contribution in [3.8, 4) is 0 Å². The minimum Gasteiger partial charge on any atom is -0.304 e. The Hall–Kier alpha value is -1.10. The van der Waals surface area contributed by atoms with Gasteiger partial charge in [0.2, 0.25) is 0 Å². The Kier molecular flexibility index (Phi) is 4.58. The van der Waals surface area contributed by atoms with Crippen molar-refractivity contribution in [1.82, 2.24) is 20.5 Å². The van der Waals surface area contributed by atoms with Gasteiger partial charge in [0.25, 0.3) is 0 Å². The van der Waals surface area contributed by atoms with Gasteiger partial charge in [-0.2, -0.15) is 5.10 Å². The van der Waals surface area contributed by atoms with Crippen LogP contribution in [-0.4, -0.2) is 21.7 Å². The third-order valence-corrected chi connectivity index (χ3v) is 3.32. The fraction of sp³-hybridized carbons (Fsp3) is 0.333. The summed E-state index contributed by atoms with van der Waals surface area (Å²) in [6, 6.07) is 5.52. The summed E-state index contributed by atoms with van der Waals surface area (Å²) in [6.07, 6.45) is 2.53. The maximum atomic E-state index is 6.05. The van der Waals surface area contributed by atoms with E-state index in [0.717, 1.165) is 24.4 Å². The average molecular weight is 285 g/mol. The molecule has 2 N–H and O–H groups in total. The molecule has 0 aliphatic heterocycles. The van der Waals surface area contributed by atoms with E-state index in [9.17, 15) is 0 Å². The molecule has 0 bridgehead atoms. The van der Waals surface area contributed by atoms with Crippen molar-refractivity contribution < 1.29 is 0 Å². The van der Waals surface area contributed by atoms with Gasteiger partial charge >= 0.3 is 0 Å². The highest BCUT2D eigenvalue weighted by atomic mass is 35.5. The van der Waals surface area contributed by atoms with Crippen LogP contribution in [0.15, 0.2) is 24.5 Å². The molecule has 0 radical (unpaired) electrons. The summed E-state index contributed by atoms with van der Waals surface area (Å²) in [6.45, 7) is 2.99. The number of hydrogen-bond acceptors (Lipinski definition) is 3. The molecule has 0 saturated carbocycles. The van der Waals surface area contributed by atoms with Crippen molar-refractivity contribution in [3.63, 3.8) is 0 Å². The van der Waals surface area contributed by atoms with Crippen LogP contribution in [0.1, 0.15) is 30.8 Å². The van der Waals surface area contributed by atoms with Crippen molar-refractivity contribution in [2.75, 3.05) is 6.54 Å². The summed E-state index contributed by atoms with van der Waals surface area (Å²) in [7, 11) is 0. The molecule has 18 heavy (non-hydrogen) atoms. The third kappa shape index (κ3) is 3.02. The van der Waals surface area contributed by atoms with Gasteiger partial charge in [-0.1, -0.05) is 36.2 Å². The Labute approximate surface area is 116 Å². The molecule has 4 nitrogen and oxygen atoms in total. The monoisotopic (exact) mass is 284 g/mol. The van der Waals surface area contributed by atoms with Crippen molar-refractivity contribution in [3.05, 3.63) is 46.0 Å². The summed E-state index contributed by atoms with van der Waals surface area (Å²) >= 11 is 12.0. The molecule has 1 heterocycles. The highest BCUT2D eigenvalue weighted by Crippen LogP contribution is 2.27. The van der Waals surface area contributed by atoms with E-state index in [1.807, 2.05) is 12.1 Å². The molecule has 96 valence electrons. The summed E-state index contributed by atoms with van der Waals surface area (Å²) in [4.78, 5) is 4.19. The van der Waals surface area contributed by atoms with Gasteiger partial charge in [-0.3, -0.25) is 5.10 Å². The Balaban J connectivity index is 2.30. The average Bonchev–Trinajstić information content (AvgIpc) is 2.88. The summed E-state index contributed by atoms with van der Waals surface area (Å²) in [5.41, 5.74) is 1.01. The lowest BCUT2D eigenvalue weighted by atomic mass is 10.1. The van der Waals surface area contributed by atoms with Gasteiger partial charge in [-0.05, 0) is 30.7 Å². The predicted octanol–water partition coefficient (Wildman–Crippen LogP) is 3.20.